The minimum absolute atomic E-state index is 0.0339. The molecule has 2 N–H and O–H groups in total. The van der Waals surface area contributed by atoms with Gasteiger partial charge in [0.1, 0.15) is 0 Å². The highest BCUT2D eigenvalue weighted by Gasteiger charge is 2.27. The van der Waals surface area contributed by atoms with Crippen LogP contribution in [0.4, 0.5) is 0 Å². The molecule has 3 aromatic rings. The number of fused-ring (bicyclic) bond motifs is 1. The smallest absolute Gasteiger partial charge is 0.272 e. The molecule has 1 aromatic heterocycles. The number of aliphatic hydroxyl groups excluding tert-OH is 1. The topological polar surface area (TPSA) is 67.2 Å². The molecule has 0 saturated heterocycles. The van der Waals surface area contributed by atoms with Crippen LogP contribution in [0, 0.1) is 6.92 Å². The van der Waals surface area contributed by atoms with Crippen LogP contribution in [0.15, 0.2) is 42.5 Å². The number of nitrogens with zero attached hydrogens (tertiary/aromatic N) is 2. The van der Waals surface area contributed by atoms with E-state index in [0.717, 1.165) is 41.8 Å². The van der Waals surface area contributed by atoms with Crippen LogP contribution >= 0.6 is 23.2 Å². The molecule has 0 fully saturated rings. The number of benzene rings is 2. The lowest BCUT2D eigenvalue weighted by Gasteiger charge is -2.14. The Kier molecular flexibility index (Phi) is 5.63. The third kappa shape index (κ3) is 3.90. The number of carbonyl (C=O) groups is 1. The molecule has 0 aliphatic heterocycles. The fraction of sp³-hybridized carbons (Fsp3) is 0.273. The number of hydrogen-bond acceptors (Lipinski definition) is 3. The number of aliphatic hydroxyl groups is 1. The summed E-state index contributed by atoms with van der Waals surface area (Å²) in [5, 5.41) is 18.7. The average molecular weight is 430 g/mol. The van der Waals surface area contributed by atoms with Gasteiger partial charge in [-0.25, -0.2) is 4.68 Å². The van der Waals surface area contributed by atoms with E-state index in [9.17, 15) is 9.90 Å². The van der Waals surface area contributed by atoms with Crippen LogP contribution < -0.4 is 5.32 Å². The molecule has 5 nitrogen and oxygen atoms in total. The number of aryl methyl sites for hydroxylation is 1. The van der Waals surface area contributed by atoms with E-state index in [4.69, 9.17) is 23.2 Å². The summed E-state index contributed by atoms with van der Waals surface area (Å²) in [4.78, 5) is 12.9. The molecule has 1 heterocycles. The largest absolute Gasteiger partial charge is 0.387 e. The van der Waals surface area contributed by atoms with E-state index in [1.807, 2.05) is 35.9 Å². The number of hydrogen-bond donors (Lipinski definition) is 2. The predicted molar refractivity (Wildman–Crippen MR) is 114 cm³/mol. The van der Waals surface area contributed by atoms with Gasteiger partial charge in [0.05, 0.1) is 11.8 Å². The zero-order chi connectivity index (χ0) is 20.5. The molecule has 0 unspecified atom stereocenters. The van der Waals surface area contributed by atoms with Gasteiger partial charge in [0.2, 0.25) is 0 Å². The predicted octanol–water partition coefficient (Wildman–Crippen LogP) is 4.44. The Morgan fingerprint density at radius 1 is 1.24 bits per heavy atom. The van der Waals surface area contributed by atoms with Gasteiger partial charge < -0.3 is 10.4 Å². The molecule has 150 valence electrons. The Morgan fingerprint density at radius 2 is 2.03 bits per heavy atom. The summed E-state index contributed by atoms with van der Waals surface area (Å²) in [6.07, 6.45) is 1.79. The van der Waals surface area contributed by atoms with E-state index in [1.165, 1.54) is 0 Å². The highest BCUT2D eigenvalue weighted by molar-refractivity contribution is 6.35. The lowest BCUT2D eigenvalue weighted by molar-refractivity contribution is 0.0910. The normalized spacial score (nSPS) is 13.9. The first kappa shape index (κ1) is 20.0. The average Bonchev–Trinajstić information content (AvgIpc) is 3.29. The summed E-state index contributed by atoms with van der Waals surface area (Å²) in [6, 6.07) is 12.9. The van der Waals surface area contributed by atoms with Crippen LogP contribution in [-0.4, -0.2) is 27.3 Å². The highest BCUT2D eigenvalue weighted by atomic mass is 35.5. The van der Waals surface area contributed by atoms with Crippen molar-refractivity contribution in [3.05, 3.63) is 80.6 Å². The van der Waals surface area contributed by atoms with Crippen LogP contribution in [0.1, 0.15) is 45.4 Å². The van der Waals surface area contributed by atoms with Gasteiger partial charge in [0.15, 0.2) is 5.69 Å². The van der Waals surface area contributed by atoms with Crippen LogP contribution in [0.2, 0.25) is 10.0 Å². The summed E-state index contributed by atoms with van der Waals surface area (Å²) < 4.78 is 1.89. The van der Waals surface area contributed by atoms with Crippen LogP contribution in [0.3, 0.4) is 0 Å². The standard InChI is InChI=1S/C22H21Cl2N3O2/c1-13-5-2-3-7-18(13)27-19-8-4-6-16(19)21(26-27)22(29)25-12-20(28)15-10-9-14(23)11-17(15)24/h2-3,5,7,9-11,20,28H,4,6,8,12H2,1H3,(H,25,29)/t20-/m0/s1. The second-order valence-corrected chi connectivity index (χ2v) is 8.06. The molecule has 1 aliphatic rings. The molecule has 1 amide bonds. The number of aromatic nitrogens is 2. The Balaban J connectivity index is 1.55. The zero-order valence-electron chi connectivity index (χ0n) is 16.0. The second-order valence-electron chi connectivity index (χ2n) is 7.22. The Labute approximate surface area is 179 Å². The van der Waals surface area contributed by atoms with E-state index in [-0.39, 0.29) is 12.5 Å². The zero-order valence-corrected chi connectivity index (χ0v) is 17.5. The van der Waals surface area contributed by atoms with Gasteiger partial charge in [-0.2, -0.15) is 5.10 Å². The van der Waals surface area contributed by atoms with Crippen molar-refractivity contribution in [3.63, 3.8) is 0 Å². The van der Waals surface area contributed by atoms with Gasteiger partial charge in [-0.1, -0.05) is 47.5 Å². The Morgan fingerprint density at radius 3 is 2.79 bits per heavy atom. The number of nitrogens with one attached hydrogen (secondary N) is 1. The monoisotopic (exact) mass is 429 g/mol. The maximum atomic E-state index is 12.9. The number of halogens is 2. The number of para-hydroxylation sites is 1. The van der Waals surface area contributed by atoms with Gasteiger partial charge in [-0.3, -0.25) is 4.79 Å². The maximum absolute atomic E-state index is 12.9. The van der Waals surface area contributed by atoms with Crippen molar-refractivity contribution in [2.75, 3.05) is 6.54 Å². The quantitative estimate of drug-likeness (QED) is 0.629. The lowest BCUT2D eigenvalue weighted by atomic mass is 10.1. The molecule has 7 heteroatoms. The maximum Gasteiger partial charge on any atom is 0.272 e. The van der Waals surface area contributed by atoms with Crippen molar-refractivity contribution in [2.45, 2.75) is 32.3 Å². The van der Waals surface area contributed by atoms with Crippen molar-refractivity contribution in [3.8, 4) is 5.69 Å². The van der Waals surface area contributed by atoms with Gasteiger partial charge in [0.25, 0.3) is 5.91 Å². The molecule has 0 spiro atoms. The van der Waals surface area contributed by atoms with E-state index >= 15 is 0 Å². The molecule has 4 rings (SSSR count). The summed E-state index contributed by atoms with van der Waals surface area (Å²) >= 11 is 12.0. The molecule has 0 saturated carbocycles. The minimum Gasteiger partial charge on any atom is -0.387 e. The fourth-order valence-electron chi connectivity index (χ4n) is 3.77. The first-order valence-corrected chi connectivity index (χ1v) is 10.3. The molecule has 1 aliphatic carbocycles. The second kappa shape index (κ2) is 8.19. The third-order valence-corrected chi connectivity index (χ3v) is 5.83. The summed E-state index contributed by atoms with van der Waals surface area (Å²) in [5.41, 5.74) is 5.11. The minimum atomic E-state index is -0.935. The lowest BCUT2D eigenvalue weighted by Crippen LogP contribution is -2.29. The summed E-state index contributed by atoms with van der Waals surface area (Å²) in [7, 11) is 0. The van der Waals surface area contributed by atoms with Crippen LogP contribution in [-0.2, 0) is 12.8 Å². The number of carbonyl (C=O) groups excluding carboxylic acids is 1. The first-order chi connectivity index (χ1) is 14.0. The highest BCUT2D eigenvalue weighted by Crippen LogP contribution is 2.29. The first-order valence-electron chi connectivity index (χ1n) is 9.53. The third-order valence-electron chi connectivity index (χ3n) is 5.27. The summed E-state index contributed by atoms with van der Waals surface area (Å²) in [6.45, 7) is 2.07. The van der Waals surface area contributed by atoms with Crippen LogP contribution in [0.25, 0.3) is 5.69 Å². The van der Waals surface area contributed by atoms with E-state index in [0.29, 0.717) is 21.3 Å². The van der Waals surface area contributed by atoms with Crippen molar-refractivity contribution >= 4 is 29.1 Å². The van der Waals surface area contributed by atoms with Crippen molar-refractivity contribution in [2.24, 2.45) is 0 Å². The van der Waals surface area contributed by atoms with Crippen LogP contribution in [0.5, 0.6) is 0 Å². The Bertz CT molecular complexity index is 1080. The molecule has 2 aromatic carbocycles. The van der Waals surface area contributed by atoms with E-state index < -0.39 is 6.10 Å². The number of amides is 1. The number of rotatable bonds is 5. The Hall–Kier alpha value is -2.34. The van der Waals surface area contributed by atoms with Gasteiger partial charge >= 0.3 is 0 Å². The van der Waals surface area contributed by atoms with Gasteiger partial charge in [-0.05, 0) is 49.9 Å². The molecule has 29 heavy (non-hydrogen) atoms. The SMILES string of the molecule is Cc1ccccc1-n1nc(C(=O)NC[C@H](O)c2ccc(Cl)cc2Cl)c2c1CCC2. The van der Waals surface area contributed by atoms with Crippen molar-refractivity contribution in [1.29, 1.82) is 0 Å². The van der Waals surface area contributed by atoms with Crippen molar-refractivity contribution < 1.29 is 9.90 Å². The molecular formula is C22H21Cl2N3O2. The van der Waals surface area contributed by atoms with E-state index in [1.54, 1.807) is 18.2 Å². The van der Waals surface area contributed by atoms with Gasteiger partial charge in [0, 0.05) is 33.4 Å². The fourth-order valence-corrected chi connectivity index (χ4v) is 4.31. The molecule has 0 bridgehead atoms. The van der Waals surface area contributed by atoms with E-state index in [2.05, 4.69) is 10.4 Å². The van der Waals surface area contributed by atoms with Crippen molar-refractivity contribution in [1.82, 2.24) is 15.1 Å². The molecule has 1 atom stereocenters. The summed E-state index contributed by atoms with van der Waals surface area (Å²) in [5.74, 6) is -0.292. The molecular weight excluding hydrogens is 409 g/mol. The molecule has 0 radical (unpaired) electrons. The van der Waals surface area contributed by atoms with Gasteiger partial charge in [-0.15, -0.1) is 0 Å².